The van der Waals surface area contributed by atoms with Crippen LogP contribution in [0.2, 0.25) is 0 Å². The van der Waals surface area contributed by atoms with Gasteiger partial charge in [0.15, 0.2) is 5.96 Å². The molecule has 1 aliphatic rings. The lowest BCUT2D eigenvalue weighted by Crippen LogP contribution is -2.53. The van der Waals surface area contributed by atoms with Gasteiger partial charge in [-0.1, -0.05) is 12.1 Å². The van der Waals surface area contributed by atoms with Crippen LogP contribution in [-0.4, -0.2) is 70.6 Å². The highest BCUT2D eigenvalue weighted by Gasteiger charge is 2.21. The molecule has 0 radical (unpaired) electrons. The number of nitrogens with zero attached hydrogens (tertiary/aromatic N) is 4. The van der Waals surface area contributed by atoms with E-state index in [0.29, 0.717) is 44.4 Å². The largest absolute Gasteiger partial charge is 0.366 e. The first kappa shape index (κ1) is 24.3. The lowest BCUT2D eigenvalue weighted by Gasteiger charge is -2.37. The fourth-order valence-corrected chi connectivity index (χ4v) is 4.14. The average molecular weight is 548 g/mol. The molecule has 30 heavy (non-hydrogen) atoms. The van der Waals surface area contributed by atoms with Crippen LogP contribution < -0.4 is 14.9 Å². The summed E-state index contributed by atoms with van der Waals surface area (Å²) in [5.74, 6) is 0.475. The summed E-state index contributed by atoms with van der Waals surface area (Å²) in [5, 5.41) is 3.17. The Kier molecular flexibility index (Phi) is 9.24. The van der Waals surface area contributed by atoms with Crippen molar-refractivity contribution in [3.8, 4) is 0 Å². The fourth-order valence-electron chi connectivity index (χ4n) is 3.15. The van der Waals surface area contributed by atoms with Gasteiger partial charge in [0, 0.05) is 58.7 Å². The predicted molar refractivity (Wildman–Crippen MR) is 126 cm³/mol. The molecular weight excluding hydrogens is 522 g/mol. The van der Waals surface area contributed by atoms with Crippen LogP contribution in [0.3, 0.4) is 0 Å². The topological polar surface area (TPSA) is 89.9 Å². The summed E-state index contributed by atoms with van der Waals surface area (Å²) < 4.78 is 40.9. The molecule has 1 aromatic heterocycles. The first-order valence-electron chi connectivity index (χ1n) is 9.36. The molecule has 2 N–H and O–H groups in total. The van der Waals surface area contributed by atoms with E-state index in [0.717, 1.165) is 0 Å². The van der Waals surface area contributed by atoms with Crippen LogP contribution in [0.4, 0.5) is 10.1 Å². The number of halogens is 2. The monoisotopic (exact) mass is 548 g/mol. The van der Waals surface area contributed by atoms with Crippen LogP contribution in [-0.2, 0) is 10.0 Å². The van der Waals surface area contributed by atoms with E-state index in [4.69, 9.17) is 0 Å². The van der Waals surface area contributed by atoms with E-state index in [9.17, 15) is 12.8 Å². The molecule has 0 bridgehead atoms. The van der Waals surface area contributed by atoms with Gasteiger partial charge >= 0.3 is 0 Å². The van der Waals surface area contributed by atoms with Gasteiger partial charge in [-0.2, -0.15) is 0 Å². The van der Waals surface area contributed by atoms with Gasteiger partial charge in [-0.05, 0) is 24.3 Å². The molecule has 0 spiro atoms. The van der Waals surface area contributed by atoms with Gasteiger partial charge < -0.3 is 15.1 Å². The SMILES string of the molecule is CN=C(NCCNS(=O)(=O)c1cccnc1)N1CCN(c2ccccc2F)CC1.I. The van der Waals surface area contributed by atoms with Crippen molar-refractivity contribution in [1.29, 1.82) is 0 Å². The van der Waals surface area contributed by atoms with Crippen molar-refractivity contribution in [2.75, 3.05) is 51.2 Å². The minimum atomic E-state index is -3.58. The van der Waals surface area contributed by atoms with Crippen LogP contribution in [0.1, 0.15) is 0 Å². The highest BCUT2D eigenvalue weighted by Crippen LogP contribution is 2.20. The second-order valence-corrected chi connectivity index (χ2v) is 8.25. The molecule has 1 saturated heterocycles. The Hall–Kier alpha value is -1.99. The molecule has 0 saturated carbocycles. The Labute approximate surface area is 193 Å². The van der Waals surface area contributed by atoms with Gasteiger partial charge in [0.05, 0.1) is 5.69 Å². The lowest BCUT2D eigenvalue weighted by molar-refractivity contribution is 0.371. The molecule has 8 nitrogen and oxygen atoms in total. The average Bonchev–Trinajstić information content (AvgIpc) is 2.75. The summed E-state index contributed by atoms with van der Waals surface area (Å²) in [6.07, 6.45) is 2.83. The number of nitrogens with one attached hydrogen (secondary N) is 2. The van der Waals surface area contributed by atoms with Crippen LogP contribution in [0.25, 0.3) is 0 Å². The minimum absolute atomic E-state index is 0. The van der Waals surface area contributed by atoms with E-state index >= 15 is 0 Å². The molecule has 11 heteroatoms. The summed E-state index contributed by atoms with van der Waals surface area (Å²) in [5.41, 5.74) is 0.611. The number of hydrogen-bond acceptors (Lipinski definition) is 5. The number of hydrogen-bond donors (Lipinski definition) is 2. The van der Waals surface area contributed by atoms with Gasteiger partial charge in [0.2, 0.25) is 10.0 Å². The summed E-state index contributed by atoms with van der Waals surface area (Å²) in [4.78, 5) is 12.3. The first-order chi connectivity index (χ1) is 14.0. The van der Waals surface area contributed by atoms with Gasteiger partial charge in [-0.3, -0.25) is 9.98 Å². The van der Waals surface area contributed by atoms with E-state index < -0.39 is 10.0 Å². The minimum Gasteiger partial charge on any atom is -0.366 e. The number of anilines is 1. The number of para-hydroxylation sites is 1. The third-order valence-corrected chi connectivity index (χ3v) is 6.08. The Morgan fingerprint density at radius 1 is 1.13 bits per heavy atom. The number of sulfonamides is 1. The van der Waals surface area contributed by atoms with E-state index in [2.05, 4.69) is 24.9 Å². The molecule has 0 unspecified atom stereocenters. The van der Waals surface area contributed by atoms with E-state index in [1.165, 1.54) is 24.5 Å². The Bertz CT molecular complexity index is 937. The Morgan fingerprint density at radius 2 is 1.87 bits per heavy atom. The fraction of sp³-hybridized carbons (Fsp3) is 0.368. The number of pyridine rings is 1. The second-order valence-electron chi connectivity index (χ2n) is 6.49. The van der Waals surface area contributed by atoms with Crippen molar-refractivity contribution >= 4 is 45.6 Å². The van der Waals surface area contributed by atoms with Crippen LogP contribution in [0.5, 0.6) is 0 Å². The van der Waals surface area contributed by atoms with E-state index in [1.54, 1.807) is 25.2 Å². The zero-order valence-corrected chi connectivity index (χ0v) is 19.8. The van der Waals surface area contributed by atoms with Gasteiger partial charge in [-0.15, -0.1) is 24.0 Å². The van der Waals surface area contributed by atoms with E-state index in [-0.39, 0.29) is 41.2 Å². The molecular formula is C19H26FIN6O2S. The number of piperazine rings is 1. The molecule has 1 aromatic carbocycles. The van der Waals surface area contributed by atoms with Crippen molar-refractivity contribution in [2.45, 2.75) is 4.90 Å². The zero-order chi connectivity index (χ0) is 20.7. The molecule has 3 rings (SSSR count). The maximum atomic E-state index is 14.0. The van der Waals surface area contributed by atoms with Crippen molar-refractivity contribution in [1.82, 2.24) is 19.9 Å². The second kappa shape index (κ2) is 11.4. The Balaban J connectivity index is 0.00000320. The van der Waals surface area contributed by atoms with Crippen LogP contribution in [0.15, 0.2) is 58.7 Å². The lowest BCUT2D eigenvalue weighted by atomic mass is 10.2. The van der Waals surface area contributed by atoms with E-state index in [1.807, 2.05) is 11.0 Å². The molecule has 1 fully saturated rings. The van der Waals surface area contributed by atoms with Crippen molar-refractivity contribution < 1.29 is 12.8 Å². The van der Waals surface area contributed by atoms with Crippen molar-refractivity contribution in [3.05, 3.63) is 54.6 Å². The van der Waals surface area contributed by atoms with Gasteiger partial charge in [0.25, 0.3) is 0 Å². The number of aromatic nitrogens is 1. The molecule has 0 atom stereocenters. The number of guanidine groups is 1. The summed E-state index contributed by atoms with van der Waals surface area (Å²) >= 11 is 0. The predicted octanol–water partition coefficient (Wildman–Crippen LogP) is 1.51. The molecule has 164 valence electrons. The number of benzene rings is 1. The molecule has 1 aliphatic heterocycles. The maximum Gasteiger partial charge on any atom is 0.242 e. The third-order valence-electron chi connectivity index (χ3n) is 4.63. The smallest absolute Gasteiger partial charge is 0.242 e. The van der Waals surface area contributed by atoms with Crippen LogP contribution in [0, 0.1) is 5.82 Å². The molecule has 0 amide bonds. The molecule has 2 heterocycles. The number of rotatable bonds is 6. The summed E-state index contributed by atoms with van der Waals surface area (Å²) in [6, 6.07) is 9.84. The number of aliphatic imine (C=N–C) groups is 1. The third kappa shape index (κ3) is 6.25. The quantitative estimate of drug-likeness (QED) is 0.246. The Morgan fingerprint density at radius 3 is 2.50 bits per heavy atom. The normalized spacial score (nSPS) is 14.9. The highest BCUT2D eigenvalue weighted by atomic mass is 127. The summed E-state index contributed by atoms with van der Waals surface area (Å²) in [6.45, 7) is 3.33. The maximum absolute atomic E-state index is 14.0. The van der Waals surface area contributed by atoms with Crippen molar-refractivity contribution in [3.63, 3.8) is 0 Å². The highest BCUT2D eigenvalue weighted by molar-refractivity contribution is 14.0. The first-order valence-corrected chi connectivity index (χ1v) is 10.8. The van der Waals surface area contributed by atoms with Crippen molar-refractivity contribution in [2.24, 2.45) is 4.99 Å². The standard InChI is InChI=1S/C19H25FN6O2S.HI/c1-21-19(23-9-10-24-29(27,28)16-5-4-8-22-15-16)26-13-11-25(12-14-26)18-7-3-2-6-17(18)20;/h2-8,15,24H,9-14H2,1H3,(H,21,23);1H. The molecule has 0 aliphatic carbocycles. The zero-order valence-electron chi connectivity index (χ0n) is 16.7. The molecule has 2 aromatic rings. The van der Waals surface area contributed by atoms with Gasteiger partial charge in [0.1, 0.15) is 10.7 Å². The van der Waals surface area contributed by atoms with Gasteiger partial charge in [-0.25, -0.2) is 17.5 Å². The summed E-state index contributed by atoms with van der Waals surface area (Å²) in [7, 11) is -1.89. The van der Waals surface area contributed by atoms with Crippen LogP contribution >= 0.6 is 24.0 Å².